The molecule has 26 heavy (non-hydrogen) atoms. The van der Waals surface area contributed by atoms with Crippen molar-refractivity contribution in [2.45, 2.75) is 19.3 Å². The summed E-state index contributed by atoms with van der Waals surface area (Å²) >= 11 is 9.98. The van der Waals surface area contributed by atoms with E-state index in [-0.39, 0.29) is 0 Å². The molecule has 4 rings (SSSR count). The topological polar surface area (TPSA) is 41.8 Å². The molecule has 0 aliphatic carbocycles. The van der Waals surface area contributed by atoms with Crippen LogP contribution in [0.5, 0.6) is 0 Å². The lowest BCUT2D eigenvalue weighted by Crippen LogP contribution is -1.99. The Kier molecular flexibility index (Phi) is 5.03. The van der Waals surface area contributed by atoms with E-state index in [2.05, 4.69) is 69.4 Å². The summed E-state index contributed by atoms with van der Waals surface area (Å²) in [6.45, 7) is 0.720. The van der Waals surface area contributed by atoms with Crippen LogP contribution in [0, 0.1) is 0 Å². The van der Waals surface area contributed by atoms with Crippen molar-refractivity contribution < 1.29 is 0 Å². The summed E-state index contributed by atoms with van der Waals surface area (Å²) in [6, 6.07) is 19.1. The lowest BCUT2D eigenvalue weighted by Gasteiger charge is -2.07. The molecule has 2 nitrogen and oxygen atoms in total. The van der Waals surface area contributed by atoms with Crippen molar-refractivity contribution >= 4 is 49.2 Å². The molecule has 0 bridgehead atoms. The molecule has 0 saturated heterocycles. The predicted molar refractivity (Wildman–Crippen MR) is 116 cm³/mol. The summed E-state index contributed by atoms with van der Waals surface area (Å²) in [5.74, 6) is 0. The van der Waals surface area contributed by atoms with Crippen molar-refractivity contribution in [3.8, 4) is 11.3 Å². The maximum atomic E-state index is 6.33. The van der Waals surface area contributed by atoms with Gasteiger partial charge in [-0.3, -0.25) is 0 Å². The van der Waals surface area contributed by atoms with Crippen LogP contribution in [-0.2, 0) is 6.42 Å². The van der Waals surface area contributed by atoms with Crippen LogP contribution >= 0.6 is 27.5 Å². The lowest BCUT2D eigenvalue weighted by atomic mass is 9.98. The van der Waals surface area contributed by atoms with Gasteiger partial charge in [0.15, 0.2) is 0 Å². The Morgan fingerprint density at radius 2 is 1.77 bits per heavy atom. The molecule has 0 fully saturated rings. The highest BCUT2D eigenvalue weighted by Crippen LogP contribution is 2.37. The van der Waals surface area contributed by atoms with Gasteiger partial charge in [-0.25, -0.2) is 0 Å². The number of unbranched alkanes of at least 4 members (excludes halogenated alkanes) is 1. The number of H-pyrrole nitrogens is 1. The van der Waals surface area contributed by atoms with Crippen LogP contribution in [0.4, 0.5) is 0 Å². The first-order valence-electron chi connectivity index (χ1n) is 8.86. The molecular formula is C22H20BrClN2. The molecule has 0 aliphatic rings. The Bertz CT molecular complexity index is 1080. The number of aromatic amines is 1. The second kappa shape index (κ2) is 7.43. The summed E-state index contributed by atoms with van der Waals surface area (Å²) < 4.78 is 0.993. The Morgan fingerprint density at radius 3 is 2.58 bits per heavy atom. The SMILES string of the molecule is NCCCCc1c(-c2ccc3ccccc3c2)[nH]c2c(Br)cc(Cl)cc12. The van der Waals surface area contributed by atoms with Crippen molar-refractivity contribution in [3.63, 3.8) is 0 Å². The largest absolute Gasteiger partial charge is 0.353 e. The van der Waals surface area contributed by atoms with Gasteiger partial charge in [0.25, 0.3) is 0 Å². The Labute approximate surface area is 166 Å². The zero-order valence-corrected chi connectivity index (χ0v) is 16.7. The van der Waals surface area contributed by atoms with Gasteiger partial charge in [-0.05, 0) is 81.8 Å². The van der Waals surface area contributed by atoms with Gasteiger partial charge in [-0.1, -0.05) is 48.0 Å². The van der Waals surface area contributed by atoms with Crippen molar-refractivity contribution in [2.75, 3.05) is 6.54 Å². The fourth-order valence-corrected chi connectivity index (χ4v) is 4.48. The van der Waals surface area contributed by atoms with E-state index in [4.69, 9.17) is 17.3 Å². The van der Waals surface area contributed by atoms with E-state index in [0.717, 1.165) is 40.8 Å². The van der Waals surface area contributed by atoms with E-state index < -0.39 is 0 Å². The van der Waals surface area contributed by atoms with Gasteiger partial charge in [-0.15, -0.1) is 0 Å². The van der Waals surface area contributed by atoms with Crippen LogP contribution < -0.4 is 5.73 Å². The second-order valence-electron chi connectivity index (χ2n) is 6.60. The maximum Gasteiger partial charge on any atom is 0.0607 e. The number of fused-ring (bicyclic) bond motifs is 2. The fraction of sp³-hybridized carbons (Fsp3) is 0.182. The number of benzene rings is 3. The normalized spacial score (nSPS) is 11.5. The molecule has 1 heterocycles. The molecule has 4 aromatic rings. The van der Waals surface area contributed by atoms with Crippen LogP contribution in [0.3, 0.4) is 0 Å². The number of rotatable bonds is 5. The quantitative estimate of drug-likeness (QED) is 0.342. The van der Waals surface area contributed by atoms with E-state index in [1.54, 1.807) is 0 Å². The molecule has 0 atom stereocenters. The highest BCUT2D eigenvalue weighted by atomic mass is 79.9. The fourth-order valence-electron chi connectivity index (χ4n) is 3.57. The number of nitrogens with two attached hydrogens (primary N) is 1. The highest BCUT2D eigenvalue weighted by molar-refractivity contribution is 9.10. The highest BCUT2D eigenvalue weighted by Gasteiger charge is 2.16. The molecule has 0 aliphatic heterocycles. The van der Waals surface area contributed by atoms with Gasteiger partial charge in [-0.2, -0.15) is 0 Å². The van der Waals surface area contributed by atoms with E-state index in [0.29, 0.717) is 0 Å². The number of nitrogens with one attached hydrogen (secondary N) is 1. The first-order valence-corrected chi connectivity index (χ1v) is 10.0. The van der Waals surface area contributed by atoms with Gasteiger partial charge in [0.2, 0.25) is 0 Å². The minimum Gasteiger partial charge on any atom is -0.353 e. The van der Waals surface area contributed by atoms with E-state index >= 15 is 0 Å². The van der Waals surface area contributed by atoms with Gasteiger partial charge in [0.1, 0.15) is 0 Å². The zero-order chi connectivity index (χ0) is 18.1. The Hall–Kier alpha value is -1.81. The smallest absolute Gasteiger partial charge is 0.0607 e. The van der Waals surface area contributed by atoms with Crippen LogP contribution in [0.25, 0.3) is 32.9 Å². The standard InChI is InChI=1S/C22H20BrClN2/c23-20-13-17(24)12-19-18(7-3-4-10-25)21(26-22(19)20)16-9-8-14-5-1-2-6-15(14)11-16/h1-2,5-6,8-9,11-13,26H,3-4,7,10,25H2. The van der Waals surface area contributed by atoms with Gasteiger partial charge >= 0.3 is 0 Å². The predicted octanol–water partition coefficient (Wildman–Crippen LogP) is 6.69. The number of hydrogen-bond donors (Lipinski definition) is 2. The van der Waals surface area contributed by atoms with Gasteiger partial charge < -0.3 is 10.7 Å². The van der Waals surface area contributed by atoms with E-state index in [1.807, 2.05) is 6.07 Å². The average molecular weight is 428 g/mol. The van der Waals surface area contributed by atoms with E-state index in [9.17, 15) is 0 Å². The third kappa shape index (κ3) is 3.27. The summed E-state index contributed by atoms with van der Waals surface area (Å²) in [5.41, 5.74) is 10.5. The third-order valence-corrected chi connectivity index (χ3v) is 5.69. The van der Waals surface area contributed by atoms with Crippen LogP contribution in [0.1, 0.15) is 18.4 Å². The molecule has 0 saturated carbocycles. The molecule has 132 valence electrons. The molecule has 0 amide bonds. The molecule has 1 aromatic heterocycles. The number of hydrogen-bond acceptors (Lipinski definition) is 1. The average Bonchev–Trinajstić information content (AvgIpc) is 3.00. The van der Waals surface area contributed by atoms with Crippen molar-refractivity contribution in [3.05, 3.63) is 69.7 Å². The molecule has 0 radical (unpaired) electrons. The monoisotopic (exact) mass is 426 g/mol. The van der Waals surface area contributed by atoms with Gasteiger partial charge in [0, 0.05) is 20.6 Å². The third-order valence-electron chi connectivity index (χ3n) is 4.85. The lowest BCUT2D eigenvalue weighted by molar-refractivity contribution is 0.748. The zero-order valence-electron chi connectivity index (χ0n) is 14.4. The first-order chi connectivity index (χ1) is 12.7. The second-order valence-corrected chi connectivity index (χ2v) is 7.89. The Morgan fingerprint density at radius 1 is 0.962 bits per heavy atom. The molecule has 3 aromatic carbocycles. The molecule has 3 N–H and O–H groups in total. The van der Waals surface area contributed by atoms with E-state index in [1.165, 1.54) is 33.0 Å². The van der Waals surface area contributed by atoms with Crippen molar-refractivity contribution in [1.82, 2.24) is 4.98 Å². The summed E-state index contributed by atoms with van der Waals surface area (Å²) in [7, 11) is 0. The number of aryl methyl sites for hydroxylation is 1. The van der Waals surface area contributed by atoms with Crippen LogP contribution in [0.15, 0.2) is 59.1 Å². The number of aromatic nitrogens is 1. The molecular weight excluding hydrogens is 408 g/mol. The summed E-state index contributed by atoms with van der Waals surface area (Å²) in [6.07, 6.45) is 3.06. The Balaban J connectivity index is 1.91. The molecule has 4 heteroatoms. The summed E-state index contributed by atoms with van der Waals surface area (Å²) in [5, 5.41) is 4.42. The van der Waals surface area contributed by atoms with Gasteiger partial charge in [0.05, 0.1) is 5.52 Å². The van der Waals surface area contributed by atoms with Crippen molar-refractivity contribution in [1.29, 1.82) is 0 Å². The first kappa shape index (κ1) is 17.6. The molecule has 0 unspecified atom stereocenters. The van der Waals surface area contributed by atoms with Crippen LogP contribution in [-0.4, -0.2) is 11.5 Å². The van der Waals surface area contributed by atoms with Crippen molar-refractivity contribution in [2.24, 2.45) is 5.73 Å². The molecule has 0 spiro atoms. The number of halogens is 2. The summed E-state index contributed by atoms with van der Waals surface area (Å²) in [4.78, 5) is 3.63. The maximum absolute atomic E-state index is 6.33. The van der Waals surface area contributed by atoms with Crippen LogP contribution in [0.2, 0.25) is 5.02 Å². The minimum absolute atomic E-state index is 0.720. The minimum atomic E-state index is 0.720.